The van der Waals surface area contributed by atoms with E-state index in [9.17, 15) is 0 Å². The molecule has 4 nitrogen and oxygen atoms in total. The number of aryl methyl sites for hydroxylation is 2. The molecule has 0 aliphatic rings. The van der Waals surface area contributed by atoms with Crippen LogP contribution in [0.15, 0.2) is 34.9 Å². The Labute approximate surface area is 109 Å². The third kappa shape index (κ3) is 2.26. The van der Waals surface area contributed by atoms with E-state index in [0.717, 1.165) is 15.7 Å². The van der Waals surface area contributed by atoms with Crippen molar-refractivity contribution in [1.29, 1.82) is 0 Å². The van der Waals surface area contributed by atoms with E-state index in [0.29, 0.717) is 0 Å². The summed E-state index contributed by atoms with van der Waals surface area (Å²) in [7, 11) is 1.91. The van der Waals surface area contributed by atoms with Crippen LogP contribution < -0.4 is 11.3 Å². The van der Waals surface area contributed by atoms with Crippen LogP contribution in [0.1, 0.15) is 22.9 Å². The fraction of sp³-hybridized carbons (Fsp3) is 0.250. The molecule has 1 aromatic carbocycles. The first-order valence-corrected chi connectivity index (χ1v) is 6.13. The molecule has 0 spiro atoms. The van der Waals surface area contributed by atoms with Gasteiger partial charge in [-0.25, -0.2) is 5.43 Å². The van der Waals surface area contributed by atoms with E-state index in [1.165, 1.54) is 5.56 Å². The first-order valence-electron chi connectivity index (χ1n) is 5.34. The molecule has 0 amide bonds. The molecule has 5 heteroatoms. The second kappa shape index (κ2) is 5.00. The van der Waals surface area contributed by atoms with Crippen molar-refractivity contribution in [2.75, 3.05) is 0 Å². The fourth-order valence-corrected chi connectivity index (χ4v) is 2.55. The second-order valence-corrected chi connectivity index (χ2v) is 4.81. The Hall–Kier alpha value is -1.17. The van der Waals surface area contributed by atoms with Crippen molar-refractivity contribution in [3.63, 3.8) is 0 Å². The number of benzene rings is 1. The maximum absolute atomic E-state index is 5.69. The van der Waals surface area contributed by atoms with E-state index >= 15 is 0 Å². The monoisotopic (exact) mass is 294 g/mol. The van der Waals surface area contributed by atoms with Gasteiger partial charge in [-0.05, 0) is 34.0 Å². The van der Waals surface area contributed by atoms with Gasteiger partial charge in [0.1, 0.15) is 0 Å². The largest absolute Gasteiger partial charge is 0.271 e. The molecule has 0 aliphatic heterocycles. The number of hydrazine groups is 1. The Balaban J connectivity index is 2.52. The summed E-state index contributed by atoms with van der Waals surface area (Å²) in [6.07, 6.45) is 1.78. The predicted octanol–water partition coefficient (Wildman–Crippen LogP) is 2.04. The lowest BCUT2D eigenvalue weighted by Crippen LogP contribution is -2.31. The average molecular weight is 295 g/mol. The van der Waals surface area contributed by atoms with Crippen molar-refractivity contribution in [2.45, 2.75) is 13.0 Å². The van der Waals surface area contributed by atoms with Gasteiger partial charge in [0.05, 0.1) is 22.4 Å². The quantitative estimate of drug-likeness (QED) is 0.673. The lowest BCUT2D eigenvalue weighted by Gasteiger charge is -2.19. The minimum atomic E-state index is -0.0712. The Morgan fingerprint density at radius 1 is 1.41 bits per heavy atom. The molecule has 3 N–H and O–H groups in total. The van der Waals surface area contributed by atoms with Crippen LogP contribution in [0.2, 0.25) is 0 Å². The number of hydrogen-bond donors (Lipinski definition) is 2. The minimum absolute atomic E-state index is 0.0712. The zero-order chi connectivity index (χ0) is 12.4. The molecular formula is C12H15BrN4. The van der Waals surface area contributed by atoms with Crippen LogP contribution in [0.5, 0.6) is 0 Å². The van der Waals surface area contributed by atoms with Gasteiger partial charge in [0.25, 0.3) is 0 Å². The van der Waals surface area contributed by atoms with Gasteiger partial charge in [-0.2, -0.15) is 5.10 Å². The third-order valence-corrected chi connectivity index (χ3v) is 3.49. The molecule has 1 atom stereocenters. The summed E-state index contributed by atoms with van der Waals surface area (Å²) in [6, 6.07) is 8.10. The van der Waals surface area contributed by atoms with Crippen LogP contribution in [-0.2, 0) is 7.05 Å². The van der Waals surface area contributed by atoms with Gasteiger partial charge in [0.2, 0.25) is 0 Å². The van der Waals surface area contributed by atoms with Crippen LogP contribution in [0, 0.1) is 6.92 Å². The number of nitrogens with two attached hydrogens (primary N) is 1. The third-order valence-electron chi connectivity index (χ3n) is 2.88. The summed E-state index contributed by atoms with van der Waals surface area (Å²) in [4.78, 5) is 0. The van der Waals surface area contributed by atoms with Crippen molar-refractivity contribution < 1.29 is 0 Å². The second-order valence-electron chi connectivity index (χ2n) is 3.96. The van der Waals surface area contributed by atoms with Crippen LogP contribution in [0.4, 0.5) is 0 Å². The van der Waals surface area contributed by atoms with Crippen LogP contribution in [0.25, 0.3) is 0 Å². The molecule has 0 bridgehead atoms. The first kappa shape index (κ1) is 12.3. The predicted molar refractivity (Wildman–Crippen MR) is 71.3 cm³/mol. The number of hydrogen-bond acceptors (Lipinski definition) is 3. The Morgan fingerprint density at radius 3 is 2.65 bits per heavy atom. The van der Waals surface area contributed by atoms with Gasteiger partial charge in [-0.3, -0.25) is 10.5 Å². The highest BCUT2D eigenvalue weighted by atomic mass is 79.9. The van der Waals surface area contributed by atoms with Gasteiger partial charge in [0.15, 0.2) is 0 Å². The summed E-state index contributed by atoms with van der Waals surface area (Å²) in [6.45, 7) is 2.07. The number of nitrogens with one attached hydrogen (secondary N) is 1. The molecule has 0 saturated heterocycles. The maximum Gasteiger partial charge on any atom is 0.0892 e. The maximum atomic E-state index is 5.69. The van der Waals surface area contributed by atoms with Crippen molar-refractivity contribution in [1.82, 2.24) is 15.2 Å². The van der Waals surface area contributed by atoms with Gasteiger partial charge >= 0.3 is 0 Å². The van der Waals surface area contributed by atoms with Crippen molar-refractivity contribution in [2.24, 2.45) is 12.9 Å². The molecule has 1 heterocycles. The average Bonchev–Trinajstić information content (AvgIpc) is 2.64. The minimum Gasteiger partial charge on any atom is -0.271 e. The summed E-state index contributed by atoms with van der Waals surface area (Å²) in [5.41, 5.74) is 6.22. The fourth-order valence-electron chi connectivity index (χ4n) is 1.97. The molecule has 0 fully saturated rings. The number of halogens is 1. The molecule has 90 valence electrons. The summed E-state index contributed by atoms with van der Waals surface area (Å²) in [5.74, 6) is 5.69. The van der Waals surface area contributed by atoms with Gasteiger partial charge in [-0.1, -0.05) is 24.3 Å². The van der Waals surface area contributed by atoms with E-state index in [1.807, 2.05) is 23.9 Å². The molecule has 2 aromatic rings. The summed E-state index contributed by atoms with van der Waals surface area (Å²) in [5, 5.41) is 4.21. The van der Waals surface area contributed by atoms with E-state index in [-0.39, 0.29) is 6.04 Å². The van der Waals surface area contributed by atoms with E-state index in [1.54, 1.807) is 6.20 Å². The lowest BCUT2D eigenvalue weighted by atomic mass is 9.99. The number of rotatable bonds is 3. The van der Waals surface area contributed by atoms with Crippen molar-refractivity contribution in [3.05, 3.63) is 51.8 Å². The molecule has 0 aliphatic carbocycles. The highest BCUT2D eigenvalue weighted by Crippen LogP contribution is 2.29. The normalized spacial score (nSPS) is 12.7. The molecule has 0 radical (unpaired) electrons. The number of nitrogens with zero attached hydrogens (tertiary/aromatic N) is 2. The van der Waals surface area contributed by atoms with E-state index < -0.39 is 0 Å². The van der Waals surface area contributed by atoms with Gasteiger partial charge in [-0.15, -0.1) is 0 Å². The number of aromatic nitrogens is 2. The molecule has 1 aromatic heterocycles. The van der Waals surface area contributed by atoms with Gasteiger partial charge in [0, 0.05) is 7.05 Å². The standard InChI is InChI=1S/C12H15BrN4/c1-8-5-3-4-6-9(8)11(16-14)12-10(13)7-15-17(12)2/h3-7,11,16H,14H2,1-2H3. The Bertz CT molecular complexity index is 501. The van der Waals surface area contributed by atoms with E-state index in [4.69, 9.17) is 5.84 Å². The van der Waals surface area contributed by atoms with Crippen LogP contribution in [0.3, 0.4) is 0 Å². The van der Waals surface area contributed by atoms with E-state index in [2.05, 4.69) is 45.5 Å². The SMILES string of the molecule is Cc1ccccc1C(NN)c1c(Br)cnn1C. The van der Waals surface area contributed by atoms with Crippen LogP contribution >= 0.6 is 15.9 Å². The summed E-state index contributed by atoms with van der Waals surface area (Å²) < 4.78 is 2.77. The zero-order valence-corrected chi connectivity index (χ0v) is 11.4. The molecule has 2 rings (SSSR count). The molecular weight excluding hydrogens is 280 g/mol. The Kier molecular flexibility index (Phi) is 3.61. The molecule has 0 saturated carbocycles. The highest BCUT2D eigenvalue weighted by Gasteiger charge is 2.20. The van der Waals surface area contributed by atoms with Crippen molar-refractivity contribution in [3.8, 4) is 0 Å². The van der Waals surface area contributed by atoms with Crippen molar-refractivity contribution >= 4 is 15.9 Å². The smallest absolute Gasteiger partial charge is 0.0892 e. The zero-order valence-electron chi connectivity index (χ0n) is 9.81. The Morgan fingerprint density at radius 2 is 2.12 bits per heavy atom. The summed E-state index contributed by atoms with van der Waals surface area (Å²) >= 11 is 3.50. The molecule has 17 heavy (non-hydrogen) atoms. The molecule has 1 unspecified atom stereocenters. The topological polar surface area (TPSA) is 55.9 Å². The lowest BCUT2D eigenvalue weighted by molar-refractivity contribution is 0.571. The van der Waals surface area contributed by atoms with Crippen LogP contribution in [-0.4, -0.2) is 9.78 Å². The first-order chi connectivity index (χ1) is 8.15. The van der Waals surface area contributed by atoms with Gasteiger partial charge < -0.3 is 0 Å². The highest BCUT2D eigenvalue weighted by molar-refractivity contribution is 9.10.